The minimum Gasteiger partial charge on any atom is -0.376 e. The molecule has 0 fully saturated rings. The molecule has 3 N–H and O–H groups in total. The van der Waals surface area contributed by atoms with E-state index in [9.17, 15) is 9.18 Å². The van der Waals surface area contributed by atoms with Gasteiger partial charge in [0, 0.05) is 29.9 Å². The van der Waals surface area contributed by atoms with Crippen molar-refractivity contribution in [3.05, 3.63) is 77.0 Å². The monoisotopic (exact) mass is 413 g/mol. The Labute approximate surface area is 173 Å². The molecule has 6 nitrogen and oxygen atoms in total. The maximum absolute atomic E-state index is 14.2. The van der Waals surface area contributed by atoms with Gasteiger partial charge in [-0.3, -0.25) is 9.78 Å². The van der Waals surface area contributed by atoms with Crippen LogP contribution in [0.4, 0.5) is 21.6 Å². The standard InChI is InChI=1S/C21H21ClFN5O/c1-2-25-20-6-5-18(23)19(28-20)10-14-8-15(22)11-17(9-14)26-13-21(29)27-16-4-3-7-24-12-16/h3-9,11-12,26H,2,10,13H2,1H3,(H,25,28)(H,27,29). The highest BCUT2D eigenvalue weighted by Crippen LogP contribution is 2.22. The van der Waals surface area contributed by atoms with Crippen LogP contribution in [0.25, 0.3) is 0 Å². The highest BCUT2D eigenvalue weighted by molar-refractivity contribution is 6.31. The van der Waals surface area contributed by atoms with Gasteiger partial charge in [-0.1, -0.05) is 11.6 Å². The molecule has 3 aromatic rings. The Morgan fingerprint density at radius 1 is 1.14 bits per heavy atom. The number of carbonyl (C=O) groups is 1. The van der Waals surface area contributed by atoms with E-state index < -0.39 is 0 Å². The summed E-state index contributed by atoms with van der Waals surface area (Å²) in [6, 6.07) is 11.8. The Morgan fingerprint density at radius 2 is 2.00 bits per heavy atom. The molecular formula is C21H21ClFN5O. The van der Waals surface area contributed by atoms with Crippen LogP contribution in [0.5, 0.6) is 0 Å². The summed E-state index contributed by atoms with van der Waals surface area (Å²) < 4.78 is 14.2. The van der Waals surface area contributed by atoms with Gasteiger partial charge in [-0.25, -0.2) is 9.37 Å². The molecule has 0 atom stereocenters. The SMILES string of the molecule is CCNc1ccc(F)c(Cc2cc(Cl)cc(NCC(=O)Nc3cccnc3)c2)n1. The minimum atomic E-state index is -0.378. The van der Waals surface area contributed by atoms with Crippen molar-refractivity contribution in [1.82, 2.24) is 9.97 Å². The second kappa shape index (κ2) is 9.84. The predicted molar refractivity (Wildman–Crippen MR) is 114 cm³/mol. The van der Waals surface area contributed by atoms with Gasteiger partial charge in [-0.2, -0.15) is 0 Å². The summed E-state index contributed by atoms with van der Waals surface area (Å²) in [6.45, 7) is 2.70. The van der Waals surface area contributed by atoms with E-state index in [0.717, 1.165) is 5.56 Å². The molecule has 2 heterocycles. The van der Waals surface area contributed by atoms with E-state index in [0.29, 0.717) is 34.5 Å². The number of benzene rings is 1. The Hall–Kier alpha value is -3.19. The van der Waals surface area contributed by atoms with Gasteiger partial charge in [0.05, 0.1) is 24.1 Å². The smallest absolute Gasteiger partial charge is 0.243 e. The summed E-state index contributed by atoms with van der Waals surface area (Å²) in [5.41, 5.74) is 2.39. The number of anilines is 3. The van der Waals surface area contributed by atoms with Crippen LogP contribution in [0, 0.1) is 5.82 Å². The van der Waals surface area contributed by atoms with Gasteiger partial charge in [0.25, 0.3) is 0 Å². The van der Waals surface area contributed by atoms with Crippen molar-refractivity contribution in [3.63, 3.8) is 0 Å². The van der Waals surface area contributed by atoms with Crippen molar-refractivity contribution in [1.29, 1.82) is 0 Å². The topological polar surface area (TPSA) is 78.9 Å². The number of aromatic nitrogens is 2. The van der Waals surface area contributed by atoms with Crippen LogP contribution in [0.3, 0.4) is 0 Å². The first-order valence-corrected chi connectivity index (χ1v) is 9.54. The van der Waals surface area contributed by atoms with E-state index >= 15 is 0 Å². The number of nitrogens with zero attached hydrogens (tertiary/aromatic N) is 2. The zero-order chi connectivity index (χ0) is 20.6. The maximum atomic E-state index is 14.2. The maximum Gasteiger partial charge on any atom is 0.243 e. The van der Waals surface area contributed by atoms with Gasteiger partial charge in [0.1, 0.15) is 11.6 Å². The lowest BCUT2D eigenvalue weighted by molar-refractivity contribution is -0.114. The van der Waals surface area contributed by atoms with Gasteiger partial charge in [-0.05, 0) is 55.0 Å². The Bertz CT molecular complexity index is 984. The molecule has 29 heavy (non-hydrogen) atoms. The van der Waals surface area contributed by atoms with E-state index in [2.05, 4.69) is 25.9 Å². The normalized spacial score (nSPS) is 10.4. The van der Waals surface area contributed by atoms with E-state index in [-0.39, 0.29) is 24.7 Å². The summed E-state index contributed by atoms with van der Waals surface area (Å²) in [6.07, 6.45) is 3.48. The number of amides is 1. The average molecular weight is 414 g/mol. The number of halogens is 2. The second-order valence-corrected chi connectivity index (χ2v) is 6.76. The quantitative estimate of drug-likeness (QED) is 0.512. The number of rotatable bonds is 8. The molecule has 1 amide bonds. The fraction of sp³-hybridized carbons (Fsp3) is 0.190. The molecule has 8 heteroatoms. The highest BCUT2D eigenvalue weighted by atomic mass is 35.5. The molecule has 0 aliphatic heterocycles. The van der Waals surface area contributed by atoms with Gasteiger partial charge in [-0.15, -0.1) is 0 Å². The third-order valence-electron chi connectivity index (χ3n) is 4.00. The van der Waals surface area contributed by atoms with Crippen LogP contribution in [-0.2, 0) is 11.2 Å². The first-order valence-electron chi connectivity index (χ1n) is 9.16. The first-order chi connectivity index (χ1) is 14.0. The Balaban J connectivity index is 1.67. The van der Waals surface area contributed by atoms with Crippen molar-refractivity contribution >= 4 is 34.7 Å². The van der Waals surface area contributed by atoms with E-state index in [4.69, 9.17) is 11.6 Å². The molecule has 0 saturated heterocycles. The average Bonchev–Trinajstić information content (AvgIpc) is 2.70. The lowest BCUT2D eigenvalue weighted by atomic mass is 10.1. The Kier molecular flexibility index (Phi) is 6.97. The van der Waals surface area contributed by atoms with Crippen LogP contribution in [0.1, 0.15) is 18.2 Å². The zero-order valence-corrected chi connectivity index (χ0v) is 16.6. The summed E-state index contributed by atoms with van der Waals surface area (Å²) in [4.78, 5) is 20.4. The minimum absolute atomic E-state index is 0.0528. The summed E-state index contributed by atoms with van der Waals surface area (Å²) in [7, 11) is 0. The lowest BCUT2D eigenvalue weighted by Crippen LogP contribution is -2.21. The molecule has 0 bridgehead atoms. The highest BCUT2D eigenvalue weighted by Gasteiger charge is 2.09. The van der Waals surface area contributed by atoms with E-state index in [1.807, 2.05) is 13.0 Å². The zero-order valence-electron chi connectivity index (χ0n) is 15.9. The number of carbonyl (C=O) groups excluding carboxylic acids is 1. The second-order valence-electron chi connectivity index (χ2n) is 6.32. The van der Waals surface area contributed by atoms with E-state index in [1.54, 1.807) is 42.7 Å². The van der Waals surface area contributed by atoms with Crippen LogP contribution in [0.15, 0.2) is 54.9 Å². The van der Waals surface area contributed by atoms with Crippen molar-refractivity contribution in [2.45, 2.75) is 13.3 Å². The first kappa shape index (κ1) is 20.5. The molecule has 0 radical (unpaired) electrons. The van der Waals surface area contributed by atoms with Crippen LogP contribution in [0.2, 0.25) is 5.02 Å². The molecule has 3 rings (SSSR count). The molecule has 0 saturated carbocycles. The molecule has 150 valence electrons. The number of pyridine rings is 2. The molecule has 0 spiro atoms. The molecule has 2 aromatic heterocycles. The van der Waals surface area contributed by atoms with Gasteiger partial charge in [0.2, 0.25) is 5.91 Å². The third kappa shape index (κ3) is 6.15. The van der Waals surface area contributed by atoms with E-state index in [1.165, 1.54) is 6.07 Å². The molecular weight excluding hydrogens is 393 g/mol. The Morgan fingerprint density at radius 3 is 2.76 bits per heavy atom. The predicted octanol–water partition coefficient (Wildman–Crippen LogP) is 4.34. The van der Waals surface area contributed by atoms with Crippen molar-refractivity contribution in [2.24, 2.45) is 0 Å². The molecule has 1 aromatic carbocycles. The summed E-state index contributed by atoms with van der Waals surface area (Å²) in [5.74, 6) is 0.0268. The van der Waals surface area contributed by atoms with Crippen molar-refractivity contribution in [2.75, 3.05) is 29.0 Å². The lowest BCUT2D eigenvalue weighted by Gasteiger charge is -2.11. The van der Waals surface area contributed by atoms with Gasteiger partial charge >= 0.3 is 0 Å². The molecule has 0 unspecified atom stereocenters. The van der Waals surface area contributed by atoms with Crippen LogP contribution < -0.4 is 16.0 Å². The summed E-state index contributed by atoms with van der Waals surface area (Å²) >= 11 is 6.21. The fourth-order valence-corrected chi connectivity index (χ4v) is 3.02. The fourth-order valence-electron chi connectivity index (χ4n) is 2.76. The molecule has 0 aliphatic carbocycles. The number of hydrogen-bond acceptors (Lipinski definition) is 5. The largest absolute Gasteiger partial charge is 0.376 e. The third-order valence-corrected chi connectivity index (χ3v) is 4.22. The van der Waals surface area contributed by atoms with Gasteiger partial charge < -0.3 is 16.0 Å². The molecule has 0 aliphatic rings. The number of hydrogen-bond donors (Lipinski definition) is 3. The van der Waals surface area contributed by atoms with Crippen LogP contribution in [-0.4, -0.2) is 29.0 Å². The summed E-state index contributed by atoms with van der Waals surface area (Å²) in [5, 5.41) is 9.34. The number of nitrogens with one attached hydrogen (secondary N) is 3. The van der Waals surface area contributed by atoms with Gasteiger partial charge in [0.15, 0.2) is 0 Å². The van der Waals surface area contributed by atoms with Crippen LogP contribution >= 0.6 is 11.6 Å². The van der Waals surface area contributed by atoms with Crippen molar-refractivity contribution in [3.8, 4) is 0 Å². The van der Waals surface area contributed by atoms with Crippen molar-refractivity contribution < 1.29 is 9.18 Å².